The number of aryl methyl sites for hydroxylation is 1. The summed E-state index contributed by atoms with van der Waals surface area (Å²) in [7, 11) is -3.69. The van der Waals surface area contributed by atoms with Crippen LogP contribution >= 0.6 is 11.6 Å². The summed E-state index contributed by atoms with van der Waals surface area (Å²) in [6.07, 6.45) is 0. The maximum atomic E-state index is 12.0. The lowest BCUT2D eigenvalue weighted by molar-refractivity contribution is 0.265. The van der Waals surface area contributed by atoms with Crippen molar-refractivity contribution in [2.75, 3.05) is 12.3 Å². The molecule has 0 aliphatic rings. The van der Waals surface area contributed by atoms with E-state index in [0.717, 1.165) is 0 Å². The third kappa shape index (κ3) is 3.32. The van der Waals surface area contributed by atoms with Crippen LogP contribution in [0.25, 0.3) is 0 Å². The van der Waals surface area contributed by atoms with E-state index < -0.39 is 16.1 Å². The number of aliphatic hydroxyl groups excluding tert-OH is 1. The summed E-state index contributed by atoms with van der Waals surface area (Å²) < 4.78 is 26.3. The summed E-state index contributed by atoms with van der Waals surface area (Å²) in [5.74, 6) is 0. The molecule has 1 unspecified atom stereocenters. The molecule has 0 aliphatic carbocycles. The Morgan fingerprint density at radius 3 is 2.65 bits per heavy atom. The second-order valence-electron chi connectivity index (χ2n) is 3.84. The number of anilines is 1. The summed E-state index contributed by atoms with van der Waals surface area (Å²) in [6, 6.07) is 2.25. The van der Waals surface area contributed by atoms with Crippen molar-refractivity contribution in [3.63, 3.8) is 0 Å². The Morgan fingerprint density at radius 1 is 1.53 bits per heavy atom. The highest BCUT2D eigenvalue weighted by Gasteiger charge is 2.20. The minimum absolute atomic E-state index is 0.0692. The van der Waals surface area contributed by atoms with Gasteiger partial charge in [0, 0.05) is 6.04 Å². The zero-order valence-electron chi connectivity index (χ0n) is 9.57. The van der Waals surface area contributed by atoms with E-state index in [1.54, 1.807) is 13.8 Å². The Bertz CT molecular complexity index is 517. The number of sulfonamides is 1. The van der Waals surface area contributed by atoms with Crippen LogP contribution in [-0.4, -0.2) is 26.2 Å². The van der Waals surface area contributed by atoms with E-state index in [4.69, 9.17) is 22.4 Å². The molecule has 0 spiro atoms. The third-order valence-electron chi connectivity index (χ3n) is 2.21. The van der Waals surface area contributed by atoms with Gasteiger partial charge in [-0.3, -0.25) is 0 Å². The topological polar surface area (TPSA) is 92.4 Å². The lowest BCUT2D eigenvalue weighted by Gasteiger charge is -2.14. The van der Waals surface area contributed by atoms with Crippen LogP contribution in [0.4, 0.5) is 5.69 Å². The van der Waals surface area contributed by atoms with Crippen LogP contribution in [0.1, 0.15) is 12.5 Å². The normalized spacial score (nSPS) is 13.6. The molecule has 4 N–H and O–H groups in total. The first kappa shape index (κ1) is 14.2. The molecule has 7 heteroatoms. The van der Waals surface area contributed by atoms with Gasteiger partial charge in [0.1, 0.15) is 0 Å². The van der Waals surface area contributed by atoms with Crippen molar-refractivity contribution in [2.24, 2.45) is 0 Å². The molecule has 1 rings (SSSR count). The lowest BCUT2D eigenvalue weighted by atomic mass is 10.2. The number of nitrogen functional groups attached to an aromatic ring is 1. The van der Waals surface area contributed by atoms with E-state index in [-0.39, 0.29) is 17.2 Å². The van der Waals surface area contributed by atoms with Gasteiger partial charge >= 0.3 is 0 Å². The van der Waals surface area contributed by atoms with Gasteiger partial charge in [0.05, 0.1) is 22.2 Å². The van der Waals surface area contributed by atoms with Crippen LogP contribution < -0.4 is 10.5 Å². The summed E-state index contributed by atoms with van der Waals surface area (Å²) >= 11 is 5.79. The molecule has 0 aliphatic heterocycles. The standard InChI is InChI=1S/C10H15ClN2O3S/c1-6-3-8(11)9(12)4-10(6)17(15,16)13-7(2)5-14/h3-4,7,13-14H,5,12H2,1-2H3. The summed E-state index contributed by atoms with van der Waals surface area (Å²) in [4.78, 5) is 0.0692. The largest absolute Gasteiger partial charge is 0.397 e. The van der Waals surface area contributed by atoms with Crippen LogP contribution in [0.5, 0.6) is 0 Å². The Kier molecular flexibility index (Phi) is 4.37. The Balaban J connectivity index is 3.20. The quantitative estimate of drug-likeness (QED) is 0.713. The zero-order valence-corrected chi connectivity index (χ0v) is 11.1. The maximum Gasteiger partial charge on any atom is 0.241 e. The SMILES string of the molecule is Cc1cc(Cl)c(N)cc1S(=O)(=O)NC(C)CO. The summed E-state index contributed by atoms with van der Waals surface area (Å²) in [5, 5.41) is 9.16. The molecular weight excluding hydrogens is 264 g/mol. The van der Waals surface area contributed by atoms with Crippen LogP contribution in [0.15, 0.2) is 17.0 Å². The number of benzene rings is 1. The number of halogens is 1. The average molecular weight is 279 g/mol. The van der Waals surface area contributed by atoms with Gasteiger partial charge in [-0.2, -0.15) is 0 Å². The number of nitrogens with two attached hydrogens (primary N) is 1. The van der Waals surface area contributed by atoms with E-state index in [1.165, 1.54) is 12.1 Å². The molecule has 0 bridgehead atoms. The number of aliphatic hydroxyl groups is 1. The zero-order chi connectivity index (χ0) is 13.2. The van der Waals surface area contributed by atoms with Gasteiger partial charge in [0.2, 0.25) is 10.0 Å². The highest BCUT2D eigenvalue weighted by Crippen LogP contribution is 2.26. The highest BCUT2D eigenvalue weighted by atomic mass is 35.5. The highest BCUT2D eigenvalue weighted by molar-refractivity contribution is 7.89. The molecule has 0 aromatic heterocycles. The molecule has 5 nitrogen and oxygen atoms in total. The lowest BCUT2D eigenvalue weighted by Crippen LogP contribution is -2.35. The first-order valence-corrected chi connectivity index (χ1v) is 6.83. The van der Waals surface area contributed by atoms with E-state index in [2.05, 4.69) is 4.72 Å². The van der Waals surface area contributed by atoms with Crippen LogP contribution in [0.3, 0.4) is 0 Å². The molecular formula is C10H15ClN2O3S. The van der Waals surface area contributed by atoms with E-state index in [1.807, 2.05) is 0 Å². The van der Waals surface area contributed by atoms with Crippen molar-refractivity contribution in [1.82, 2.24) is 4.72 Å². The molecule has 1 aromatic rings. The molecule has 0 amide bonds. The molecule has 0 heterocycles. The number of hydrogen-bond acceptors (Lipinski definition) is 4. The van der Waals surface area contributed by atoms with Crippen molar-refractivity contribution < 1.29 is 13.5 Å². The number of rotatable bonds is 4. The minimum Gasteiger partial charge on any atom is -0.397 e. The first-order valence-electron chi connectivity index (χ1n) is 4.96. The van der Waals surface area contributed by atoms with Gasteiger partial charge in [-0.05, 0) is 31.5 Å². The molecule has 17 heavy (non-hydrogen) atoms. The monoisotopic (exact) mass is 278 g/mol. The van der Waals surface area contributed by atoms with Crippen LogP contribution in [0.2, 0.25) is 5.02 Å². The van der Waals surface area contributed by atoms with Gasteiger partial charge in [-0.25, -0.2) is 13.1 Å². The second-order valence-corrected chi connectivity index (χ2v) is 5.93. The average Bonchev–Trinajstić information content (AvgIpc) is 2.22. The predicted octanol–water partition coefficient (Wildman–Crippen LogP) is 0.890. The fourth-order valence-corrected chi connectivity index (χ4v) is 3.04. The van der Waals surface area contributed by atoms with E-state index >= 15 is 0 Å². The van der Waals surface area contributed by atoms with Gasteiger partial charge in [-0.1, -0.05) is 11.6 Å². The van der Waals surface area contributed by atoms with Crippen LogP contribution in [-0.2, 0) is 10.0 Å². The summed E-state index contributed by atoms with van der Waals surface area (Å²) in [5.41, 5.74) is 6.28. The smallest absolute Gasteiger partial charge is 0.241 e. The van der Waals surface area contributed by atoms with Crippen molar-refractivity contribution in [1.29, 1.82) is 0 Å². The van der Waals surface area contributed by atoms with Gasteiger partial charge in [-0.15, -0.1) is 0 Å². The molecule has 96 valence electrons. The van der Waals surface area contributed by atoms with Crippen molar-refractivity contribution in [3.8, 4) is 0 Å². The Morgan fingerprint density at radius 2 is 2.12 bits per heavy atom. The van der Waals surface area contributed by atoms with Crippen LogP contribution in [0, 0.1) is 6.92 Å². The predicted molar refractivity (Wildman–Crippen MR) is 67.5 cm³/mol. The molecule has 0 saturated carbocycles. The third-order valence-corrected chi connectivity index (χ3v) is 4.27. The number of nitrogens with one attached hydrogen (secondary N) is 1. The fraction of sp³-hybridized carbons (Fsp3) is 0.400. The molecule has 1 atom stereocenters. The van der Waals surface area contributed by atoms with E-state index in [9.17, 15) is 8.42 Å². The second kappa shape index (κ2) is 5.22. The fourth-order valence-electron chi connectivity index (χ4n) is 1.32. The van der Waals surface area contributed by atoms with Crippen molar-refractivity contribution >= 4 is 27.3 Å². The maximum absolute atomic E-state index is 12.0. The first-order chi connectivity index (χ1) is 7.77. The van der Waals surface area contributed by atoms with Gasteiger partial charge in [0.15, 0.2) is 0 Å². The molecule has 0 fully saturated rings. The Labute approximate surface area is 106 Å². The molecule has 0 radical (unpaired) electrons. The van der Waals surface area contributed by atoms with Gasteiger partial charge in [0.25, 0.3) is 0 Å². The summed E-state index contributed by atoms with van der Waals surface area (Å²) in [6.45, 7) is 2.91. The Hall–Kier alpha value is -0.820. The van der Waals surface area contributed by atoms with E-state index in [0.29, 0.717) is 10.6 Å². The minimum atomic E-state index is -3.69. The molecule has 0 saturated heterocycles. The number of hydrogen-bond donors (Lipinski definition) is 3. The van der Waals surface area contributed by atoms with Gasteiger partial charge < -0.3 is 10.8 Å². The van der Waals surface area contributed by atoms with Crippen molar-refractivity contribution in [2.45, 2.75) is 24.8 Å². The molecule has 1 aromatic carbocycles. The van der Waals surface area contributed by atoms with Crippen molar-refractivity contribution in [3.05, 3.63) is 22.7 Å².